The summed E-state index contributed by atoms with van der Waals surface area (Å²) in [4.78, 5) is 0. The predicted molar refractivity (Wildman–Crippen MR) is 40.9 cm³/mol. The van der Waals surface area contributed by atoms with Crippen LogP contribution in [0.2, 0.25) is 5.02 Å². The second-order valence-electron chi connectivity index (χ2n) is 2.10. The zero-order chi connectivity index (χ0) is 7.56. The van der Waals surface area contributed by atoms with Crippen LogP contribution in [-0.2, 0) is 0 Å². The van der Waals surface area contributed by atoms with Crippen LogP contribution in [0, 0.1) is 18.3 Å². The normalized spacial score (nSPS) is 8.90. The Labute approximate surface area is 64.9 Å². The summed E-state index contributed by atoms with van der Waals surface area (Å²) in [7, 11) is 0. The summed E-state index contributed by atoms with van der Waals surface area (Å²) >= 11 is 5.67. The van der Waals surface area contributed by atoms with Crippen molar-refractivity contribution in [3.05, 3.63) is 34.3 Å². The van der Waals surface area contributed by atoms with E-state index in [0.717, 1.165) is 5.56 Å². The zero-order valence-electron chi connectivity index (χ0n) is 5.56. The van der Waals surface area contributed by atoms with E-state index in [4.69, 9.17) is 16.9 Å². The molecule has 0 aliphatic carbocycles. The van der Waals surface area contributed by atoms with Gasteiger partial charge in [0.15, 0.2) is 0 Å². The maximum absolute atomic E-state index is 8.51. The Kier molecular flexibility index (Phi) is 1.94. The number of hydrogen-bond donors (Lipinski definition) is 0. The maximum atomic E-state index is 8.51. The molecule has 0 heterocycles. The van der Waals surface area contributed by atoms with Crippen molar-refractivity contribution in [1.82, 2.24) is 0 Å². The van der Waals surface area contributed by atoms with Gasteiger partial charge in [0.2, 0.25) is 0 Å². The molecule has 1 rings (SSSR count). The first-order chi connectivity index (χ1) is 4.74. The van der Waals surface area contributed by atoms with Crippen molar-refractivity contribution in [3.63, 3.8) is 0 Å². The molecule has 50 valence electrons. The SMILES string of the molecule is Cc1ccc(Cl)c(C#N)c1. The van der Waals surface area contributed by atoms with Crippen LogP contribution >= 0.6 is 11.6 Å². The first kappa shape index (κ1) is 7.11. The summed E-state index contributed by atoms with van der Waals surface area (Å²) in [5, 5.41) is 9.03. The van der Waals surface area contributed by atoms with Crippen LogP contribution in [0.15, 0.2) is 18.2 Å². The summed E-state index contributed by atoms with van der Waals surface area (Å²) in [6.45, 7) is 1.93. The van der Waals surface area contributed by atoms with Crippen LogP contribution in [0.1, 0.15) is 11.1 Å². The molecule has 10 heavy (non-hydrogen) atoms. The fourth-order valence-electron chi connectivity index (χ4n) is 0.725. The van der Waals surface area contributed by atoms with Gasteiger partial charge < -0.3 is 0 Å². The zero-order valence-corrected chi connectivity index (χ0v) is 6.31. The molecule has 0 aliphatic heterocycles. The van der Waals surface area contributed by atoms with E-state index in [9.17, 15) is 0 Å². The first-order valence-electron chi connectivity index (χ1n) is 2.90. The average molecular weight is 152 g/mol. The Bertz CT molecular complexity index is 286. The molecule has 0 spiro atoms. The molecule has 0 aromatic heterocycles. The van der Waals surface area contributed by atoms with E-state index in [0.29, 0.717) is 10.6 Å². The van der Waals surface area contributed by atoms with E-state index in [-0.39, 0.29) is 0 Å². The summed E-state index contributed by atoms with van der Waals surface area (Å²) in [6, 6.07) is 7.38. The lowest BCUT2D eigenvalue weighted by molar-refractivity contribution is 1.42. The van der Waals surface area contributed by atoms with E-state index >= 15 is 0 Å². The Morgan fingerprint density at radius 1 is 1.50 bits per heavy atom. The topological polar surface area (TPSA) is 23.8 Å². The molecule has 0 amide bonds. The molecule has 1 nitrogen and oxygen atoms in total. The quantitative estimate of drug-likeness (QED) is 0.559. The molecule has 1 aromatic carbocycles. The summed E-state index contributed by atoms with van der Waals surface area (Å²) in [5.41, 5.74) is 1.60. The number of aryl methyl sites for hydroxylation is 1. The molecular weight excluding hydrogens is 146 g/mol. The molecule has 0 radical (unpaired) electrons. The van der Waals surface area contributed by atoms with Crippen LogP contribution in [-0.4, -0.2) is 0 Å². The second kappa shape index (κ2) is 2.72. The van der Waals surface area contributed by atoms with Gasteiger partial charge in [-0.3, -0.25) is 0 Å². The summed E-state index contributed by atoms with van der Waals surface area (Å²) < 4.78 is 0. The fraction of sp³-hybridized carbons (Fsp3) is 0.125. The lowest BCUT2D eigenvalue weighted by Gasteiger charge is -1.94. The van der Waals surface area contributed by atoms with Gasteiger partial charge in [-0.05, 0) is 24.6 Å². The molecular formula is C8H6ClN. The van der Waals surface area contributed by atoms with Crippen LogP contribution in [0.4, 0.5) is 0 Å². The highest BCUT2D eigenvalue weighted by atomic mass is 35.5. The molecule has 0 saturated carbocycles. The Morgan fingerprint density at radius 2 is 2.20 bits per heavy atom. The average Bonchev–Trinajstić information content (AvgIpc) is 1.94. The molecule has 0 aliphatic rings. The number of nitrogens with zero attached hydrogens (tertiary/aromatic N) is 1. The van der Waals surface area contributed by atoms with Gasteiger partial charge >= 0.3 is 0 Å². The highest BCUT2D eigenvalue weighted by molar-refractivity contribution is 6.31. The van der Waals surface area contributed by atoms with Crippen molar-refractivity contribution < 1.29 is 0 Å². The predicted octanol–water partition coefficient (Wildman–Crippen LogP) is 2.52. The molecule has 0 unspecified atom stereocenters. The standard InChI is InChI=1S/C8H6ClN/c1-6-2-3-8(9)7(4-6)5-10/h2-4H,1H3. The van der Waals surface area contributed by atoms with E-state index in [1.165, 1.54) is 0 Å². The maximum Gasteiger partial charge on any atom is 0.101 e. The van der Waals surface area contributed by atoms with Gasteiger partial charge in [-0.1, -0.05) is 17.7 Å². The smallest absolute Gasteiger partial charge is 0.101 e. The third kappa shape index (κ3) is 1.29. The van der Waals surface area contributed by atoms with E-state index in [1.54, 1.807) is 12.1 Å². The van der Waals surface area contributed by atoms with Gasteiger partial charge in [0.1, 0.15) is 6.07 Å². The number of benzene rings is 1. The van der Waals surface area contributed by atoms with Gasteiger partial charge in [-0.2, -0.15) is 5.26 Å². The Balaban J connectivity index is 3.25. The fourth-order valence-corrected chi connectivity index (χ4v) is 0.885. The van der Waals surface area contributed by atoms with Gasteiger partial charge in [0.25, 0.3) is 0 Å². The van der Waals surface area contributed by atoms with Crippen molar-refractivity contribution in [3.8, 4) is 6.07 Å². The van der Waals surface area contributed by atoms with Gasteiger partial charge in [0.05, 0.1) is 10.6 Å². The van der Waals surface area contributed by atoms with Crippen molar-refractivity contribution in [2.24, 2.45) is 0 Å². The number of halogens is 1. The Morgan fingerprint density at radius 3 is 2.70 bits per heavy atom. The molecule has 0 fully saturated rings. The largest absolute Gasteiger partial charge is 0.192 e. The van der Waals surface area contributed by atoms with Crippen molar-refractivity contribution in [2.75, 3.05) is 0 Å². The van der Waals surface area contributed by atoms with Crippen molar-refractivity contribution >= 4 is 11.6 Å². The van der Waals surface area contributed by atoms with Crippen LogP contribution in [0.5, 0.6) is 0 Å². The third-order valence-electron chi connectivity index (χ3n) is 1.24. The molecule has 0 saturated heterocycles. The van der Waals surface area contributed by atoms with E-state index < -0.39 is 0 Å². The minimum absolute atomic E-state index is 0.521. The minimum Gasteiger partial charge on any atom is -0.192 e. The van der Waals surface area contributed by atoms with Crippen LogP contribution < -0.4 is 0 Å². The van der Waals surface area contributed by atoms with Crippen LogP contribution in [0.3, 0.4) is 0 Å². The number of rotatable bonds is 0. The van der Waals surface area contributed by atoms with E-state index in [2.05, 4.69) is 0 Å². The summed E-state index contributed by atoms with van der Waals surface area (Å²) in [5.74, 6) is 0. The van der Waals surface area contributed by atoms with Crippen LogP contribution in [0.25, 0.3) is 0 Å². The third-order valence-corrected chi connectivity index (χ3v) is 1.57. The van der Waals surface area contributed by atoms with Gasteiger partial charge in [0, 0.05) is 0 Å². The molecule has 0 N–H and O–H groups in total. The lowest BCUT2D eigenvalue weighted by atomic mass is 10.2. The molecule has 0 atom stereocenters. The first-order valence-corrected chi connectivity index (χ1v) is 3.28. The van der Waals surface area contributed by atoms with Crippen molar-refractivity contribution in [1.29, 1.82) is 5.26 Å². The molecule has 0 bridgehead atoms. The Hall–Kier alpha value is -1.00. The van der Waals surface area contributed by atoms with Gasteiger partial charge in [-0.15, -0.1) is 0 Å². The summed E-state index contributed by atoms with van der Waals surface area (Å²) in [6.07, 6.45) is 0. The lowest BCUT2D eigenvalue weighted by Crippen LogP contribution is -1.77. The number of hydrogen-bond acceptors (Lipinski definition) is 1. The highest BCUT2D eigenvalue weighted by Gasteiger charge is 1.96. The highest BCUT2D eigenvalue weighted by Crippen LogP contribution is 2.15. The second-order valence-corrected chi connectivity index (χ2v) is 2.50. The van der Waals surface area contributed by atoms with Gasteiger partial charge in [-0.25, -0.2) is 0 Å². The number of nitriles is 1. The molecule has 1 aromatic rings. The minimum atomic E-state index is 0.521. The van der Waals surface area contributed by atoms with Crippen molar-refractivity contribution in [2.45, 2.75) is 6.92 Å². The van der Waals surface area contributed by atoms with E-state index in [1.807, 2.05) is 19.1 Å². The monoisotopic (exact) mass is 151 g/mol. The molecule has 2 heteroatoms.